The Kier molecular flexibility index (Phi) is 8.10. The predicted molar refractivity (Wildman–Crippen MR) is 128 cm³/mol. The van der Waals surface area contributed by atoms with Gasteiger partial charge in [0.1, 0.15) is 18.8 Å². The first kappa shape index (κ1) is 25.0. The number of rotatable bonds is 9. The Hall–Kier alpha value is -3.61. The largest absolute Gasteiger partial charge is 0.461 e. The van der Waals surface area contributed by atoms with Crippen molar-refractivity contribution < 1.29 is 28.6 Å². The molecule has 7 nitrogen and oxygen atoms in total. The molecule has 180 valence electrons. The maximum atomic E-state index is 12.6. The molecule has 0 bridgehead atoms. The van der Waals surface area contributed by atoms with Gasteiger partial charge in [0.2, 0.25) is 0 Å². The summed E-state index contributed by atoms with van der Waals surface area (Å²) in [5.41, 5.74) is 3.75. The van der Waals surface area contributed by atoms with Crippen LogP contribution >= 0.6 is 0 Å². The van der Waals surface area contributed by atoms with E-state index < -0.39 is 29.7 Å². The topological polar surface area (TPSA) is 90.9 Å². The molecule has 1 amide bonds. The van der Waals surface area contributed by atoms with Crippen molar-refractivity contribution in [1.82, 2.24) is 5.32 Å². The van der Waals surface area contributed by atoms with Gasteiger partial charge in [0.15, 0.2) is 0 Å². The van der Waals surface area contributed by atoms with Crippen LogP contribution < -0.4 is 5.32 Å². The van der Waals surface area contributed by atoms with Gasteiger partial charge in [0, 0.05) is 5.92 Å². The number of fused-ring (bicyclic) bond motifs is 3. The molecule has 0 aliphatic heterocycles. The van der Waals surface area contributed by atoms with Gasteiger partial charge in [-0.05, 0) is 43.0 Å². The molecule has 0 radical (unpaired) electrons. The van der Waals surface area contributed by atoms with Gasteiger partial charge >= 0.3 is 18.0 Å². The van der Waals surface area contributed by atoms with Crippen LogP contribution in [0.2, 0.25) is 0 Å². The molecule has 2 aromatic rings. The molecule has 0 spiro atoms. The second kappa shape index (κ2) is 11.0. The highest BCUT2D eigenvalue weighted by Gasteiger charge is 2.30. The lowest BCUT2D eigenvalue weighted by Gasteiger charge is -2.23. The predicted octanol–water partition coefficient (Wildman–Crippen LogP) is 4.74. The van der Waals surface area contributed by atoms with Crippen molar-refractivity contribution in [1.29, 1.82) is 0 Å². The number of carbonyl (C=O) groups is 3. The van der Waals surface area contributed by atoms with Crippen molar-refractivity contribution in [2.24, 2.45) is 0 Å². The molecule has 0 heterocycles. The van der Waals surface area contributed by atoms with E-state index in [0.717, 1.165) is 22.3 Å². The van der Waals surface area contributed by atoms with Crippen LogP contribution in [0.1, 0.15) is 50.7 Å². The third-order valence-electron chi connectivity index (χ3n) is 5.27. The minimum absolute atomic E-state index is 0.0446. The SMILES string of the molecule is C=CCOC(=O)C[C@H](CC(=O)OC(C)(C)C)NC(=O)OCC1c2ccccc2-c2ccccc21. The van der Waals surface area contributed by atoms with Gasteiger partial charge in [-0.3, -0.25) is 9.59 Å². The number of hydrogen-bond acceptors (Lipinski definition) is 6. The van der Waals surface area contributed by atoms with Crippen molar-refractivity contribution in [3.8, 4) is 11.1 Å². The molecule has 2 aromatic carbocycles. The average molecular weight is 466 g/mol. The summed E-state index contributed by atoms with van der Waals surface area (Å²) in [6, 6.07) is 15.2. The first-order chi connectivity index (χ1) is 16.2. The normalized spacial score (nSPS) is 13.3. The molecule has 7 heteroatoms. The summed E-state index contributed by atoms with van der Waals surface area (Å²) < 4.78 is 15.9. The Morgan fingerprint density at radius 3 is 2.06 bits per heavy atom. The van der Waals surface area contributed by atoms with Crippen LogP contribution in [-0.2, 0) is 23.8 Å². The number of alkyl carbamates (subject to hydrolysis) is 1. The highest BCUT2D eigenvalue weighted by Crippen LogP contribution is 2.44. The summed E-state index contributed by atoms with van der Waals surface area (Å²) in [5.74, 6) is -1.19. The second-order valence-corrected chi connectivity index (χ2v) is 9.13. The second-order valence-electron chi connectivity index (χ2n) is 9.13. The fourth-order valence-corrected chi connectivity index (χ4v) is 3.98. The Balaban J connectivity index is 1.65. The molecule has 3 rings (SSSR count). The first-order valence-electron chi connectivity index (χ1n) is 11.3. The maximum absolute atomic E-state index is 12.6. The van der Waals surface area contributed by atoms with Crippen LogP contribution in [-0.4, -0.2) is 42.9 Å². The first-order valence-corrected chi connectivity index (χ1v) is 11.3. The molecule has 0 saturated heterocycles. The molecule has 34 heavy (non-hydrogen) atoms. The van der Waals surface area contributed by atoms with Gasteiger partial charge in [0.05, 0.1) is 18.9 Å². The fourth-order valence-electron chi connectivity index (χ4n) is 3.98. The molecule has 1 aliphatic rings. The summed E-state index contributed by atoms with van der Waals surface area (Å²) in [6.07, 6.45) is 0.341. The number of esters is 2. The van der Waals surface area contributed by atoms with Crippen LogP contribution in [0.5, 0.6) is 0 Å². The molecule has 0 unspecified atom stereocenters. The average Bonchev–Trinajstić information content (AvgIpc) is 3.08. The number of ether oxygens (including phenoxy) is 3. The zero-order chi connectivity index (χ0) is 24.7. The number of nitrogens with one attached hydrogen (secondary N) is 1. The van der Waals surface area contributed by atoms with E-state index in [-0.39, 0.29) is 32.0 Å². The van der Waals surface area contributed by atoms with Crippen molar-refractivity contribution in [2.45, 2.75) is 51.2 Å². The van der Waals surface area contributed by atoms with Gasteiger partial charge < -0.3 is 19.5 Å². The maximum Gasteiger partial charge on any atom is 0.407 e. The highest BCUT2D eigenvalue weighted by atomic mass is 16.6. The van der Waals surface area contributed by atoms with E-state index in [1.807, 2.05) is 36.4 Å². The number of hydrogen-bond donors (Lipinski definition) is 1. The summed E-state index contributed by atoms with van der Waals surface area (Å²) in [6.45, 7) is 8.91. The molecule has 0 aromatic heterocycles. The van der Waals surface area contributed by atoms with E-state index in [1.165, 1.54) is 6.08 Å². The van der Waals surface area contributed by atoms with Crippen LogP contribution in [0.4, 0.5) is 4.79 Å². The lowest BCUT2D eigenvalue weighted by molar-refractivity contribution is -0.155. The van der Waals surface area contributed by atoms with Gasteiger partial charge in [-0.25, -0.2) is 4.79 Å². The Bertz CT molecular complexity index is 1010. The number of benzene rings is 2. The minimum atomic E-state index is -0.831. The molecule has 1 atom stereocenters. The lowest BCUT2D eigenvalue weighted by atomic mass is 9.98. The zero-order valence-corrected chi connectivity index (χ0v) is 19.8. The highest BCUT2D eigenvalue weighted by molar-refractivity contribution is 5.79. The van der Waals surface area contributed by atoms with Crippen LogP contribution in [0.3, 0.4) is 0 Å². The Morgan fingerprint density at radius 2 is 1.50 bits per heavy atom. The van der Waals surface area contributed by atoms with Crippen LogP contribution in [0, 0.1) is 0 Å². The quantitative estimate of drug-likeness (QED) is 0.327. The van der Waals surface area contributed by atoms with E-state index in [0.29, 0.717) is 0 Å². The Morgan fingerprint density at radius 1 is 0.941 bits per heavy atom. The minimum Gasteiger partial charge on any atom is -0.461 e. The smallest absolute Gasteiger partial charge is 0.407 e. The van der Waals surface area contributed by atoms with Gasteiger partial charge in [-0.2, -0.15) is 0 Å². The van der Waals surface area contributed by atoms with Crippen molar-refractivity contribution in [3.63, 3.8) is 0 Å². The molecule has 0 fully saturated rings. The van der Waals surface area contributed by atoms with Gasteiger partial charge in [-0.15, -0.1) is 0 Å². The number of carbonyl (C=O) groups excluding carboxylic acids is 3. The Labute approximate surface area is 200 Å². The third-order valence-corrected chi connectivity index (χ3v) is 5.27. The van der Waals surface area contributed by atoms with E-state index in [9.17, 15) is 14.4 Å². The van der Waals surface area contributed by atoms with E-state index in [2.05, 4.69) is 24.0 Å². The summed E-state index contributed by atoms with van der Waals surface area (Å²) in [4.78, 5) is 37.0. The summed E-state index contributed by atoms with van der Waals surface area (Å²) in [5, 5.41) is 2.62. The lowest BCUT2D eigenvalue weighted by Crippen LogP contribution is -2.40. The standard InChI is InChI=1S/C27H31NO6/c1-5-14-32-24(29)15-18(16-25(30)34-27(2,3)4)28-26(31)33-17-23-21-12-8-6-10-19(21)20-11-7-9-13-22(20)23/h5-13,18,23H,1,14-17H2,2-4H3,(H,28,31)/t18-/m1/s1. The van der Waals surface area contributed by atoms with E-state index in [1.54, 1.807) is 20.8 Å². The van der Waals surface area contributed by atoms with Crippen molar-refractivity contribution in [3.05, 3.63) is 72.3 Å². The molecular formula is C27H31NO6. The van der Waals surface area contributed by atoms with E-state index in [4.69, 9.17) is 14.2 Å². The fraction of sp³-hybridized carbons (Fsp3) is 0.370. The molecular weight excluding hydrogens is 434 g/mol. The van der Waals surface area contributed by atoms with Crippen LogP contribution in [0.15, 0.2) is 61.2 Å². The van der Waals surface area contributed by atoms with Crippen molar-refractivity contribution >= 4 is 18.0 Å². The molecule has 1 aliphatic carbocycles. The molecule has 0 saturated carbocycles. The van der Waals surface area contributed by atoms with Gasteiger partial charge in [0.25, 0.3) is 0 Å². The zero-order valence-electron chi connectivity index (χ0n) is 19.8. The van der Waals surface area contributed by atoms with E-state index >= 15 is 0 Å². The van der Waals surface area contributed by atoms with Crippen LogP contribution in [0.25, 0.3) is 11.1 Å². The molecule has 1 N–H and O–H groups in total. The van der Waals surface area contributed by atoms with Crippen molar-refractivity contribution in [2.75, 3.05) is 13.2 Å². The summed E-state index contributed by atoms with van der Waals surface area (Å²) >= 11 is 0. The summed E-state index contributed by atoms with van der Waals surface area (Å²) in [7, 11) is 0. The monoisotopic (exact) mass is 465 g/mol. The third kappa shape index (κ3) is 6.70. The van der Waals surface area contributed by atoms with Gasteiger partial charge in [-0.1, -0.05) is 61.2 Å². The number of amides is 1.